The van der Waals surface area contributed by atoms with Crippen molar-refractivity contribution in [3.05, 3.63) is 45.6 Å². The standard InChI is InChI=1S/C17H17ClN2O3S/c1-19-11-2-4-12(5-3-11)20-10-13(23-17(20)22)6-7-14(21)15-8-9-16(18)24-15/h2-5,8-9,13,19H,6-7,10H2,1H3/t13-/m0/s1. The van der Waals surface area contributed by atoms with E-state index in [-0.39, 0.29) is 18.0 Å². The van der Waals surface area contributed by atoms with Crippen LogP contribution in [0.4, 0.5) is 16.2 Å². The number of Topliss-reactive ketones (excluding diaryl/α,β-unsaturated/α-hetero) is 1. The monoisotopic (exact) mass is 364 g/mol. The van der Waals surface area contributed by atoms with Crippen molar-refractivity contribution in [2.75, 3.05) is 23.8 Å². The number of carbonyl (C=O) groups excluding carboxylic acids is 2. The van der Waals surface area contributed by atoms with Crippen molar-refractivity contribution in [3.8, 4) is 0 Å². The number of amides is 1. The van der Waals surface area contributed by atoms with Gasteiger partial charge in [0, 0.05) is 24.8 Å². The first-order chi connectivity index (χ1) is 11.6. The van der Waals surface area contributed by atoms with Gasteiger partial charge < -0.3 is 10.1 Å². The molecular weight excluding hydrogens is 348 g/mol. The van der Waals surface area contributed by atoms with Gasteiger partial charge in [-0.3, -0.25) is 9.69 Å². The molecule has 0 saturated carbocycles. The van der Waals surface area contributed by atoms with Crippen LogP contribution in [-0.2, 0) is 4.74 Å². The summed E-state index contributed by atoms with van der Waals surface area (Å²) < 4.78 is 5.97. The molecule has 1 atom stereocenters. The second-order valence-electron chi connectivity index (χ2n) is 5.48. The number of nitrogens with one attached hydrogen (secondary N) is 1. The Hall–Kier alpha value is -2.05. The van der Waals surface area contributed by atoms with Crippen molar-refractivity contribution in [2.24, 2.45) is 0 Å². The van der Waals surface area contributed by atoms with Crippen LogP contribution < -0.4 is 10.2 Å². The number of cyclic esters (lactones) is 1. The molecule has 5 nitrogen and oxygen atoms in total. The topological polar surface area (TPSA) is 58.6 Å². The number of ether oxygens (including phenoxy) is 1. The van der Waals surface area contributed by atoms with Crippen LogP contribution in [0.3, 0.4) is 0 Å². The van der Waals surface area contributed by atoms with E-state index in [1.165, 1.54) is 11.3 Å². The highest BCUT2D eigenvalue weighted by Gasteiger charge is 2.32. The molecule has 1 N–H and O–H groups in total. The molecule has 7 heteroatoms. The van der Waals surface area contributed by atoms with E-state index in [2.05, 4.69) is 5.32 Å². The molecule has 1 aromatic carbocycles. The lowest BCUT2D eigenvalue weighted by atomic mass is 10.1. The molecule has 3 rings (SSSR count). The van der Waals surface area contributed by atoms with Gasteiger partial charge in [0.1, 0.15) is 6.10 Å². The Labute approximate surface area is 149 Å². The van der Waals surface area contributed by atoms with E-state index >= 15 is 0 Å². The zero-order valence-electron chi connectivity index (χ0n) is 13.1. The van der Waals surface area contributed by atoms with E-state index in [4.69, 9.17) is 16.3 Å². The van der Waals surface area contributed by atoms with Gasteiger partial charge in [0.2, 0.25) is 0 Å². The molecule has 1 aromatic heterocycles. The predicted octanol–water partition coefficient (Wildman–Crippen LogP) is 4.43. The van der Waals surface area contributed by atoms with Crippen LogP contribution in [0.15, 0.2) is 36.4 Å². The molecule has 1 amide bonds. The molecule has 0 bridgehead atoms. The first kappa shape index (κ1) is 16.8. The second kappa shape index (κ2) is 7.23. The van der Waals surface area contributed by atoms with Gasteiger partial charge in [-0.05, 0) is 42.8 Å². The Morgan fingerprint density at radius 1 is 1.33 bits per heavy atom. The lowest BCUT2D eigenvalue weighted by molar-refractivity contribution is 0.0943. The number of hydrogen-bond donors (Lipinski definition) is 1. The Morgan fingerprint density at radius 2 is 2.08 bits per heavy atom. The Bertz CT molecular complexity index is 745. The van der Waals surface area contributed by atoms with Crippen LogP contribution >= 0.6 is 22.9 Å². The summed E-state index contributed by atoms with van der Waals surface area (Å²) >= 11 is 7.12. The summed E-state index contributed by atoms with van der Waals surface area (Å²) in [5.41, 5.74) is 1.76. The normalized spacial score (nSPS) is 17.0. The molecule has 2 heterocycles. The van der Waals surface area contributed by atoms with Gasteiger partial charge >= 0.3 is 6.09 Å². The lowest BCUT2D eigenvalue weighted by Gasteiger charge is -2.13. The van der Waals surface area contributed by atoms with E-state index in [1.807, 2.05) is 31.3 Å². The third-order valence-corrected chi connectivity index (χ3v) is 5.16. The minimum Gasteiger partial charge on any atom is -0.444 e. The maximum absolute atomic E-state index is 12.1. The molecule has 2 aromatic rings. The molecule has 1 saturated heterocycles. The molecule has 1 aliphatic heterocycles. The fraction of sp³-hybridized carbons (Fsp3) is 0.294. The Morgan fingerprint density at radius 3 is 2.71 bits per heavy atom. The van der Waals surface area contributed by atoms with Crippen molar-refractivity contribution in [3.63, 3.8) is 0 Å². The maximum atomic E-state index is 12.1. The number of nitrogens with zero attached hydrogens (tertiary/aromatic N) is 1. The number of anilines is 2. The molecule has 24 heavy (non-hydrogen) atoms. The smallest absolute Gasteiger partial charge is 0.414 e. The van der Waals surface area contributed by atoms with Crippen LogP contribution in [0.2, 0.25) is 4.34 Å². The van der Waals surface area contributed by atoms with E-state index in [0.29, 0.717) is 28.6 Å². The molecule has 1 aliphatic rings. The quantitative estimate of drug-likeness (QED) is 0.770. The van der Waals surface area contributed by atoms with Crippen LogP contribution in [0.5, 0.6) is 0 Å². The summed E-state index contributed by atoms with van der Waals surface area (Å²) in [7, 11) is 1.84. The van der Waals surface area contributed by atoms with Crippen molar-refractivity contribution in [1.29, 1.82) is 0 Å². The lowest BCUT2D eigenvalue weighted by Crippen LogP contribution is -2.24. The summed E-state index contributed by atoms with van der Waals surface area (Å²) in [4.78, 5) is 26.4. The molecule has 0 aliphatic carbocycles. The van der Waals surface area contributed by atoms with Gasteiger partial charge in [0.25, 0.3) is 0 Å². The average Bonchev–Trinajstić information content (AvgIpc) is 3.18. The Kier molecular flexibility index (Phi) is 5.06. The van der Waals surface area contributed by atoms with E-state index in [1.54, 1.807) is 17.0 Å². The van der Waals surface area contributed by atoms with Gasteiger partial charge in [-0.1, -0.05) is 11.6 Å². The molecule has 0 spiro atoms. The third-order valence-electron chi connectivity index (χ3n) is 3.88. The van der Waals surface area contributed by atoms with Crippen LogP contribution in [0.25, 0.3) is 0 Å². The van der Waals surface area contributed by atoms with Gasteiger partial charge in [-0.15, -0.1) is 11.3 Å². The highest BCUT2D eigenvalue weighted by Crippen LogP contribution is 2.27. The number of thiophene rings is 1. The van der Waals surface area contributed by atoms with Crippen molar-refractivity contribution >= 4 is 46.2 Å². The number of carbonyl (C=O) groups is 2. The van der Waals surface area contributed by atoms with Crippen molar-refractivity contribution in [1.82, 2.24) is 0 Å². The van der Waals surface area contributed by atoms with Crippen LogP contribution in [0, 0.1) is 0 Å². The number of hydrogen-bond acceptors (Lipinski definition) is 5. The minimum absolute atomic E-state index is 0.0276. The second-order valence-corrected chi connectivity index (χ2v) is 7.19. The first-order valence-corrected chi connectivity index (χ1v) is 8.81. The molecule has 126 valence electrons. The molecule has 1 fully saturated rings. The number of benzene rings is 1. The van der Waals surface area contributed by atoms with Crippen molar-refractivity contribution in [2.45, 2.75) is 18.9 Å². The van der Waals surface area contributed by atoms with Gasteiger partial charge in [0.05, 0.1) is 15.8 Å². The summed E-state index contributed by atoms with van der Waals surface area (Å²) in [6.07, 6.45) is 0.191. The molecular formula is C17H17ClN2O3S. The first-order valence-electron chi connectivity index (χ1n) is 7.61. The zero-order chi connectivity index (χ0) is 17.1. The highest BCUT2D eigenvalue weighted by molar-refractivity contribution is 7.18. The summed E-state index contributed by atoms with van der Waals surface area (Å²) in [5.74, 6) is 0.0276. The van der Waals surface area contributed by atoms with Gasteiger partial charge in [-0.2, -0.15) is 0 Å². The van der Waals surface area contributed by atoms with Crippen LogP contribution in [-0.4, -0.2) is 31.6 Å². The van der Waals surface area contributed by atoms with Crippen LogP contribution in [0.1, 0.15) is 22.5 Å². The fourth-order valence-corrected chi connectivity index (χ4v) is 3.58. The van der Waals surface area contributed by atoms with E-state index < -0.39 is 0 Å². The third kappa shape index (κ3) is 3.71. The van der Waals surface area contributed by atoms with Crippen molar-refractivity contribution < 1.29 is 14.3 Å². The van der Waals surface area contributed by atoms with E-state index in [9.17, 15) is 9.59 Å². The minimum atomic E-state index is -0.371. The zero-order valence-corrected chi connectivity index (χ0v) is 14.7. The summed E-state index contributed by atoms with van der Waals surface area (Å²) in [6.45, 7) is 0.455. The summed E-state index contributed by atoms with van der Waals surface area (Å²) in [6, 6.07) is 11.0. The predicted molar refractivity (Wildman–Crippen MR) is 96.5 cm³/mol. The maximum Gasteiger partial charge on any atom is 0.414 e. The number of halogens is 1. The Balaban J connectivity index is 1.57. The van der Waals surface area contributed by atoms with E-state index in [0.717, 1.165) is 11.4 Å². The van der Waals surface area contributed by atoms with Gasteiger partial charge in [-0.25, -0.2) is 4.79 Å². The fourth-order valence-electron chi connectivity index (χ4n) is 2.57. The molecule has 0 unspecified atom stereocenters. The molecule has 0 radical (unpaired) electrons. The van der Waals surface area contributed by atoms with Gasteiger partial charge in [0.15, 0.2) is 5.78 Å². The largest absolute Gasteiger partial charge is 0.444 e. The summed E-state index contributed by atoms with van der Waals surface area (Å²) in [5, 5.41) is 3.03. The number of rotatable bonds is 6. The average molecular weight is 365 g/mol. The SMILES string of the molecule is CNc1ccc(N2C[C@H](CCC(=O)c3ccc(Cl)s3)OC2=O)cc1. The number of ketones is 1. The highest BCUT2D eigenvalue weighted by atomic mass is 35.5.